The van der Waals surface area contributed by atoms with Crippen LogP contribution >= 0.6 is 11.5 Å². The lowest BCUT2D eigenvalue weighted by molar-refractivity contribution is -0.121. The zero-order chi connectivity index (χ0) is 20.8. The summed E-state index contributed by atoms with van der Waals surface area (Å²) >= 11 is 1.28. The largest absolute Gasteiger partial charge is 0.347 e. The van der Waals surface area contributed by atoms with Crippen molar-refractivity contribution < 1.29 is 9.59 Å². The van der Waals surface area contributed by atoms with E-state index < -0.39 is 0 Å². The number of hydrogen-bond acceptors (Lipinski definition) is 5. The van der Waals surface area contributed by atoms with Crippen molar-refractivity contribution in [1.29, 1.82) is 0 Å². The molecule has 0 aliphatic carbocycles. The molecule has 0 unspecified atom stereocenters. The summed E-state index contributed by atoms with van der Waals surface area (Å²) in [5, 5.41) is 4.98. The molecule has 1 N–H and O–H groups in total. The Morgan fingerprint density at radius 2 is 2.00 bits per heavy atom. The Kier molecular flexibility index (Phi) is 6.49. The van der Waals surface area contributed by atoms with Crippen LogP contribution in [0.15, 0.2) is 66.3 Å². The van der Waals surface area contributed by atoms with Crippen molar-refractivity contribution >= 4 is 23.3 Å². The minimum Gasteiger partial charge on any atom is -0.347 e. The van der Waals surface area contributed by atoms with Crippen LogP contribution < -0.4 is 5.32 Å². The molecule has 4 rings (SSSR count). The first-order valence-electron chi connectivity index (χ1n) is 10.1. The molecule has 0 spiro atoms. The molecule has 0 bridgehead atoms. The quantitative estimate of drug-likeness (QED) is 0.662. The van der Waals surface area contributed by atoms with Gasteiger partial charge in [-0.15, -0.1) is 0 Å². The lowest BCUT2D eigenvalue weighted by Crippen LogP contribution is -2.45. The van der Waals surface area contributed by atoms with E-state index in [-0.39, 0.29) is 23.8 Å². The number of likely N-dealkylation sites (tertiary alicyclic amines) is 1. The highest BCUT2D eigenvalue weighted by Gasteiger charge is 2.32. The maximum atomic E-state index is 12.8. The molecular weight excluding hydrogens is 396 g/mol. The van der Waals surface area contributed by atoms with Gasteiger partial charge in [-0.3, -0.25) is 14.6 Å². The summed E-state index contributed by atoms with van der Waals surface area (Å²) in [5.41, 5.74) is 2.43. The zero-order valence-corrected chi connectivity index (χ0v) is 17.4. The molecule has 6 nitrogen and oxygen atoms in total. The highest BCUT2D eigenvalue weighted by Crippen LogP contribution is 2.30. The van der Waals surface area contributed by atoms with Gasteiger partial charge in [0.1, 0.15) is 0 Å². The van der Waals surface area contributed by atoms with Gasteiger partial charge in [0.15, 0.2) is 0 Å². The summed E-state index contributed by atoms with van der Waals surface area (Å²) in [4.78, 5) is 32.0. The smallest absolute Gasteiger partial charge is 0.256 e. The Morgan fingerprint density at radius 1 is 1.17 bits per heavy atom. The van der Waals surface area contributed by atoms with Crippen LogP contribution in [0.1, 0.15) is 40.5 Å². The average molecular weight is 421 g/mol. The highest BCUT2D eigenvalue weighted by molar-refractivity contribution is 7.03. The van der Waals surface area contributed by atoms with Gasteiger partial charge in [-0.05, 0) is 42.1 Å². The predicted octanol–water partition coefficient (Wildman–Crippen LogP) is 3.49. The molecule has 3 heterocycles. The first-order chi connectivity index (χ1) is 14.7. The van der Waals surface area contributed by atoms with Crippen LogP contribution in [-0.2, 0) is 11.2 Å². The summed E-state index contributed by atoms with van der Waals surface area (Å²) in [5.74, 6) is 0.0649. The molecule has 0 radical (unpaired) electrons. The number of carbonyl (C=O) groups excluding carboxylic acids is 2. The maximum absolute atomic E-state index is 12.8. The number of rotatable bonds is 6. The van der Waals surface area contributed by atoms with E-state index in [1.807, 2.05) is 53.4 Å². The van der Waals surface area contributed by atoms with E-state index in [4.69, 9.17) is 0 Å². The molecule has 30 heavy (non-hydrogen) atoms. The van der Waals surface area contributed by atoms with E-state index in [9.17, 15) is 9.59 Å². The second kappa shape index (κ2) is 9.63. The Labute approximate surface area is 180 Å². The van der Waals surface area contributed by atoms with Gasteiger partial charge in [-0.2, -0.15) is 0 Å². The second-order valence-corrected chi connectivity index (χ2v) is 8.19. The number of benzene rings is 1. The van der Waals surface area contributed by atoms with Crippen molar-refractivity contribution in [3.05, 3.63) is 83.1 Å². The molecule has 7 heteroatoms. The topological polar surface area (TPSA) is 75.2 Å². The van der Waals surface area contributed by atoms with E-state index in [2.05, 4.69) is 14.7 Å². The maximum Gasteiger partial charge on any atom is 0.256 e. The lowest BCUT2D eigenvalue weighted by atomic mass is 9.88. The second-order valence-electron chi connectivity index (χ2n) is 7.53. The number of amides is 2. The molecule has 1 aliphatic rings. The van der Waals surface area contributed by atoms with Crippen molar-refractivity contribution in [2.45, 2.75) is 25.3 Å². The molecule has 154 valence electrons. The first-order valence-corrected chi connectivity index (χ1v) is 11.0. The van der Waals surface area contributed by atoms with Crippen molar-refractivity contribution in [3.63, 3.8) is 0 Å². The Balaban J connectivity index is 1.50. The molecule has 3 aromatic rings. The monoisotopic (exact) mass is 420 g/mol. The molecule has 1 aliphatic heterocycles. The first kappa shape index (κ1) is 20.2. The standard InChI is InChI=1S/C23H24N4O2S/c28-21(13-17-7-2-1-3-8-17)26-22(20-10-4-5-11-24-20)18-9-6-12-27(15-18)23(29)19-14-25-30-16-19/h1-5,7-8,10-11,14,16,18,22H,6,9,12-13,15H2,(H,26,28)/t18-,22-/m0/s1. The highest BCUT2D eigenvalue weighted by atomic mass is 32.1. The summed E-state index contributed by atoms with van der Waals surface area (Å²) in [6.07, 6.45) is 5.51. The van der Waals surface area contributed by atoms with Gasteiger partial charge in [-0.25, -0.2) is 4.37 Å². The number of piperidine rings is 1. The minimum atomic E-state index is -0.237. The third kappa shape index (κ3) is 4.91. The van der Waals surface area contributed by atoms with Gasteiger partial charge < -0.3 is 10.2 Å². The van der Waals surface area contributed by atoms with Crippen LogP contribution in [0, 0.1) is 5.92 Å². The zero-order valence-electron chi connectivity index (χ0n) is 16.6. The third-order valence-corrected chi connectivity index (χ3v) is 6.01. The third-order valence-electron chi connectivity index (χ3n) is 5.43. The van der Waals surface area contributed by atoms with Crippen molar-refractivity contribution in [2.24, 2.45) is 5.92 Å². The van der Waals surface area contributed by atoms with Gasteiger partial charge in [0, 0.05) is 30.6 Å². The van der Waals surface area contributed by atoms with Crippen molar-refractivity contribution in [2.75, 3.05) is 13.1 Å². The fourth-order valence-electron chi connectivity index (χ4n) is 3.96. The van der Waals surface area contributed by atoms with Gasteiger partial charge in [0.05, 0.1) is 29.9 Å². The molecule has 1 fully saturated rings. The number of carbonyl (C=O) groups is 2. The van der Waals surface area contributed by atoms with E-state index in [1.165, 1.54) is 11.5 Å². The number of hydrogen-bond donors (Lipinski definition) is 1. The van der Waals surface area contributed by atoms with Gasteiger partial charge in [0.25, 0.3) is 5.91 Å². The van der Waals surface area contributed by atoms with Crippen LogP contribution in [0.2, 0.25) is 0 Å². The van der Waals surface area contributed by atoms with E-state index >= 15 is 0 Å². The molecule has 2 amide bonds. The Bertz CT molecular complexity index is 963. The van der Waals surface area contributed by atoms with Crippen LogP contribution in [-0.4, -0.2) is 39.2 Å². The Morgan fingerprint density at radius 3 is 2.73 bits per heavy atom. The molecule has 1 saturated heterocycles. The summed E-state index contributed by atoms with van der Waals surface area (Å²) in [6, 6.07) is 15.2. The van der Waals surface area contributed by atoms with Crippen molar-refractivity contribution in [3.8, 4) is 0 Å². The van der Waals surface area contributed by atoms with E-state index in [1.54, 1.807) is 17.8 Å². The van der Waals surface area contributed by atoms with Gasteiger partial charge in [-0.1, -0.05) is 36.4 Å². The fraction of sp³-hybridized carbons (Fsp3) is 0.304. The molecule has 2 aromatic heterocycles. The van der Waals surface area contributed by atoms with E-state index in [0.717, 1.165) is 30.6 Å². The number of pyridine rings is 1. The predicted molar refractivity (Wildman–Crippen MR) is 116 cm³/mol. The van der Waals surface area contributed by atoms with Crippen LogP contribution in [0.25, 0.3) is 0 Å². The molecule has 2 atom stereocenters. The molecule has 0 saturated carbocycles. The Hall–Kier alpha value is -3.06. The SMILES string of the molecule is O=C(Cc1ccccc1)N[C@H](c1ccccn1)[C@H]1CCCN(C(=O)c2cnsc2)C1. The molecular formula is C23H24N4O2S. The van der Waals surface area contributed by atoms with E-state index in [0.29, 0.717) is 18.5 Å². The van der Waals surface area contributed by atoms with Crippen LogP contribution in [0.3, 0.4) is 0 Å². The summed E-state index contributed by atoms with van der Waals surface area (Å²) in [7, 11) is 0. The lowest BCUT2D eigenvalue weighted by Gasteiger charge is -2.37. The minimum absolute atomic E-state index is 0.00355. The average Bonchev–Trinajstić information content (AvgIpc) is 3.33. The van der Waals surface area contributed by atoms with Gasteiger partial charge >= 0.3 is 0 Å². The number of aromatic nitrogens is 2. The number of nitrogens with zero attached hydrogens (tertiary/aromatic N) is 3. The van der Waals surface area contributed by atoms with Crippen LogP contribution in [0.4, 0.5) is 0 Å². The fourth-order valence-corrected chi connectivity index (χ4v) is 4.47. The van der Waals surface area contributed by atoms with Crippen LogP contribution in [0.5, 0.6) is 0 Å². The van der Waals surface area contributed by atoms with Crippen molar-refractivity contribution in [1.82, 2.24) is 19.6 Å². The summed E-state index contributed by atoms with van der Waals surface area (Å²) in [6.45, 7) is 1.31. The number of nitrogens with one attached hydrogen (secondary N) is 1. The normalized spacial score (nSPS) is 17.3. The molecule has 1 aromatic carbocycles. The van der Waals surface area contributed by atoms with Gasteiger partial charge in [0.2, 0.25) is 5.91 Å². The summed E-state index contributed by atoms with van der Waals surface area (Å²) < 4.78 is 4.05.